The molecular weight excluding hydrogens is 222 g/mol. The summed E-state index contributed by atoms with van der Waals surface area (Å²) in [6.07, 6.45) is 0. The standard InChI is InChI=1S/C15H15N3/c16-9-12-3-1-5-14(7-12)11-18-15-6-2-4-13(8-15)10-17/h1-8,18H,9,11,16H2. The van der Waals surface area contributed by atoms with Crippen molar-refractivity contribution in [3.63, 3.8) is 0 Å². The summed E-state index contributed by atoms with van der Waals surface area (Å²) >= 11 is 0. The first-order valence-electron chi connectivity index (χ1n) is 5.84. The molecule has 0 saturated carbocycles. The van der Waals surface area contributed by atoms with Crippen molar-refractivity contribution in [2.75, 3.05) is 5.32 Å². The van der Waals surface area contributed by atoms with Gasteiger partial charge in [0.05, 0.1) is 11.6 Å². The number of hydrogen-bond acceptors (Lipinski definition) is 3. The number of nitriles is 1. The minimum absolute atomic E-state index is 0.553. The predicted molar refractivity (Wildman–Crippen MR) is 72.8 cm³/mol. The lowest BCUT2D eigenvalue weighted by atomic mass is 10.1. The number of nitrogens with two attached hydrogens (primary N) is 1. The Hall–Kier alpha value is -2.31. The van der Waals surface area contributed by atoms with Crippen LogP contribution in [0.15, 0.2) is 48.5 Å². The first-order chi connectivity index (χ1) is 8.81. The van der Waals surface area contributed by atoms with E-state index in [1.807, 2.05) is 30.3 Å². The Morgan fingerprint density at radius 3 is 2.61 bits per heavy atom. The van der Waals surface area contributed by atoms with Crippen LogP contribution in [-0.4, -0.2) is 0 Å². The zero-order chi connectivity index (χ0) is 12.8. The van der Waals surface area contributed by atoms with Crippen LogP contribution in [0.1, 0.15) is 16.7 Å². The molecular formula is C15H15N3. The highest BCUT2D eigenvalue weighted by molar-refractivity contribution is 5.49. The summed E-state index contributed by atoms with van der Waals surface area (Å²) in [5.41, 5.74) is 9.53. The SMILES string of the molecule is N#Cc1cccc(NCc2cccc(CN)c2)c1. The Bertz CT molecular complexity index is 570. The molecule has 0 aliphatic carbocycles. The summed E-state index contributed by atoms with van der Waals surface area (Å²) < 4.78 is 0. The molecule has 0 heterocycles. The van der Waals surface area contributed by atoms with Crippen molar-refractivity contribution in [1.29, 1.82) is 5.26 Å². The number of rotatable bonds is 4. The highest BCUT2D eigenvalue weighted by Gasteiger charge is 1.97. The van der Waals surface area contributed by atoms with E-state index < -0.39 is 0 Å². The Labute approximate surface area is 107 Å². The van der Waals surface area contributed by atoms with Crippen LogP contribution in [0.2, 0.25) is 0 Å². The number of anilines is 1. The Morgan fingerprint density at radius 2 is 1.83 bits per heavy atom. The van der Waals surface area contributed by atoms with Gasteiger partial charge in [-0.3, -0.25) is 0 Å². The first kappa shape index (κ1) is 12.2. The van der Waals surface area contributed by atoms with E-state index in [0.717, 1.165) is 17.8 Å². The topological polar surface area (TPSA) is 61.8 Å². The van der Waals surface area contributed by atoms with Gasteiger partial charge >= 0.3 is 0 Å². The van der Waals surface area contributed by atoms with Crippen LogP contribution < -0.4 is 11.1 Å². The summed E-state index contributed by atoms with van der Waals surface area (Å²) in [5.74, 6) is 0. The van der Waals surface area contributed by atoms with Crippen LogP contribution in [0.5, 0.6) is 0 Å². The van der Waals surface area contributed by atoms with Crippen molar-refractivity contribution in [2.45, 2.75) is 13.1 Å². The molecule has 3 heteroatoms. The van der Waals surface area contributed by atoms with Gasteiger partial charge < -0.3 is 11.1 Å². The summed E-state index contributed by atoms with van der Waals surface area (Å²) in [5, 5.41) is 12.1. The normalized spacial score (nSPS) is 9.78. The average Bonchev–Trinajstić information content (AvgIpc) is 2.45. The lowest BCUT2D eigenvalue weighted by molar-refractivity contribution is 1.05. The third-order valence-corrected chi connectivity index (χ3v) is 2.72. The van der Waals surface area contributed by atoms with Crippen molar-refractivity contribution in [2.24, 2.45) is 5.73 Å². The smallest absolute Gasteiger partial charge is 0.0992 e. The minimum Gasteiger partial charge on any atom is -0.381 e. The predicted octanol–water partition coefficient (Wildman–Crippen LogP) is 2.63. The van der Waals surface area contributed by atoms with E-state index in [2.05, 4.69) is 23.5 Å². The maximum Gasteiger partial charge on any atom is 0.0992 e. The third kappa shape index (κ3) is 3.09. The summed E-state index contributed by atoms with van der Waals surface area (Å²) in [6.45, 7) is 1.28. The maximum atomic E-state index is 8.82. The van der Waals surface area contributed by atoms with E-state index in [1.165, 1.54) is 5.56 Å². The van der Waals surface area contributed by atoms with Crippen molar-refractivity contribution in [3.8, 4) is 6.07 Å². The molecule has 0 aliphatic heterocycles. The molecule has 0 bridgehead atoms. The monoisotopic (exact) mass is 237 g/mol. The van der Waals surface area contributed by atoms with E-state index in [9.17, 15) is 0 Å². The second kappa shape index (κ2) is 5.85. The van der Waals surface area contributed by atoms with Gasteiger partial charge in [-0.2, -0.15) is 5.26 Å². The first-order valence-corrected chi connectivity index (χ1v) is 5.84. The number of nitrogens with zero attached hydrogens (tertiary/aromatic N) is 1. The molecule has 0 radical (unpaired) electrons. The zero-order valence-electron chi connectivity index (χ0n) is 10.1. The quantitative estimate of drug-likeness (QED) is 0.859. The van der Waals surface area contributed by atoms with Gasteiger partial charge in [0.15, 0.2) is 0 Å². The van der Waals surface area contributed by atoms with E-state index >= 15 is 0 Å². The van der Waals surface area contributed by atoms with Crippen molar-refractivity contribution < 1.29 is 0 Å². The molecule has 2 aromatic rings. The third-order valence-electron chi connectivity index (χ3n) is 2.72. The highest BCUT2D eigenvalue weighted by atomic mass is 14.9. The van der Waals surface area contributed by atoms with E-state index in [1.54, 1.807) is 6.07 Å². The summed E-state index contributed by atoms with van der Waals surface area (Å²) in [4.78, 5) is 0. The number of nitrogens with one attached hydrogen (secondary N) is 1. The molecule has 2 aromatic carbocycles. The molecule has 0 aliphatic rings. The summed E-state index contributed by atoms with van der Waals surface area (Å²) in [7, 11) is 0. The molecule has 0 saturated heterocycles. The van der Waals surface area contributed by atoms with Crippen molar-refractivity contribution in [3.05, 3.63) is 65.2 Å². The van der Waals surface area contributed by atoms with Crippen LogP contribution in [0.25, 0.3) is 0 Å². The molecule has 0 amide bonds. The van der Waals surface area contributed by atoms with Gasteiger partial charge in [0.25, 0.3) is 0 Å². The molecule has 0 aromatic heterocycles. The fourth-order valence-corrected chi connectivity index (χ4v) is 1.77. The van der Waals surface area contributed by atoms with Gasteiger partial charge in [0, 0.05) is 18.8 Å². The average molecular weight is 237 g/mol. The number of benzene rings is 2. The lowest BCUT2D eigenvalue weighted by Gasteiger charge is -2.07. The van der Waals surface area contributed by atoms with Crippen molar-refractivity contribution >= 4 is 5.69 Å². The maximum absolute atomic E-state index is 8.82. The van der Waals surface area contributed by atoms with Crippen LogP contribution in [0, 0.1) is 11.3 Å². The zero-order valence-corrected chi connectivity index (χ0v) is 10.1. The molecule has 3 nitrogen and oxygen atoms in total. The lowest BCUT2D eigenvalue weighted by Crippen LogP contribution is -2.02. The molecule has 0 atom stereocenters. The van der Waals surface area contributed by atoms with E-state index in [-0.39, 0.29) is 0 Å². The fraction of sp³-hybridized carbons (Fsp3) is 0.133. The van der Waals surface area contributed by atoms with Gasteiger partial charge in [-0.25, -0.2) is 0 Å². The molecule has 2 rings (SSSR count). The van der Waals surface area contributed by atoms with Gasteiger partial charge in [-0.15, -0.1) is 0 Å². The molecule has 90 valence electrons. The van der Waals surface area contributed by atoms with Gasteiger partial charge in [-0.1, -0.05) is 30.3 Å². The van der Waals surface area contributed by atoms with E-state index in [4.69, 9.17) is 11.0 Å². The van der Waals surface area contributed by atoms with Crippen LogP contribution in [-0.2, 0) is 13.1 Å². The Balaban J connectivity index is 2.04. The highest BCUT2D eigenvalue weighted by Crippen LogP contribution is 2.12. The van der Waals surface area contributed by atoms with Gasteiger partial charge in [0.1, 0.15) is 0 Å². The largest absolute Gasteiger partial charge is 0.381 e. The molecule has 0 fully saturated rings. The Kier molecular flexibility index (Phi) is 3.95. The van der Waals surface area contributed by atoms with E-state index in [0.29, 0.717) is 12.1 Å². The molecule has 0 spiro atoms. The molecule has 18 heavy (non-hydrogen) atoms. The van der Waals surface area contributed by atoms with Crippen LogP contribution in [0.3, 0.4) is 0 Å². The van der Waals surface area contributed by atoms with Gasteiger partial charge in [-0.05, 0) is 29.3 Å². The summed E-state index contributed by atoms with van der Waals surface area (Å²) in [6, 6.07) is 17.7. The molecule has 0 unspecified atom stereocenters. The molecule has 3 N–H and O–H groups in total. The Morgan fingerprint density at radius 1 is 1.06 bits per heavy atom. The van der Waals surface area contributed by atoms with Crippen molar-refractivity contribution in [1.82, 2.24) is 0 Å². The second-order valence-corrected chi connectivity index (χ2v) is 4.07. The van der Waals surface area contributed by atoms with Crippen LogP contribution in [0.4, 0.5) is 5.69 Å². The number of hydrogen-bond donors (Lipinski definition) is 2. The van der Waals surface area contributed by atoms with Crippen LogP contribution >= 0.6 is 0 Å². The fourth-order valence-electron chi connectivity index (χ4n) is 1.77. The van der Waals surface area contributed by atoms with Gasteiger partial charge in [0.2, 0.25) is 0 Å². The second-order valence-electron chi connectivity index (χ2n) is 4.07. The minimum atomic E-state index is 0.553.